The van der Waals surface area contributed by atoms with E-state index < -0.39 is 52.7 Å². The molecule has 1 aromatic rings. The van der Waals surface area contributed by atoms with Gasteiger partial charge in [-0.15, -0.1) is 0 Å². The number of piperidine rings is 1. The highest BCUT2D eigenvalue weighted by Crippen LogP contribution is 2.65. The molecule has 11 heteroatoms. The van der Waals surface area contributed by atoms with Crippen molar-refractivity contribution < 1.29 is 29.1 Å². The molecule has 4 aliphatic rings. The fourth-order valence-electron chi connectivity index (χ4n) is 8.34. The Hall–Kier alpha value is -3.63. The first-order valence-corrected chi connectivity index (χ1v) is 17.3. The summed E-state index contributed by atoms with van der Waals surface area (Å²) in [6.07, 6.45) is 8.51. The third-order valence-electron chi connectivity index (χ3n) is 11.5. The van der Waals surface area contributed by atoms with E-state index in [9.17, 15) is 29.1 Å². The maximum atomic E-state index is 14.4. The SMILES string of the molecule is CC(C)(C)[C@H](NC(=O)NC1(Cc2ccc(O)cc2)CCCCC1)C(=O)N1C[C@H]2[C@@H]([C@H]1C(=O)NC(CC1CCC1)C(=O)C(N)=O)C2(C)C. The molecular formula is C36H53N5O6. The predicted molar refractivity (Wildman–Crippen MR) is 177 cm³/mol. The van der Waals surface area contributed by atoms with Crippen LogP contribution in [0.2, 0.25) is 0 Å². The number of carbonyl (C=O) groups excluding carboxylic acids is 5. The Balaban J connectivity index is 1.33. The van der Waals surface area contributed by atoms with Crippen molar-refractivity contribution in [1.82, 2.24) is 20.9 Å². The summed E-state index contributed by atoms with van der Waals surface area (Å²) in [5, 5.41) is 18.8. The van der Waals surface area contributed by atoms with Gasteiger partial charge in [0.05, 0.1) is 6.04 Å². The van der Waals surface area contributed by atoms with E-state index in [0.29, 0.717) is 19.4 Å². The largest absolute Gasteiger partial charge is 0.508 e. The van der Waals surface area contributed by atoms with Crippen molar-refractivity contribution in [3.8, 4) is 5.75 Å². The summed E-state index contributed by atoms with van der Waals surface area (Å²) in [5.41, 5.74) is 5.02. The lowest BCUT2D eigenvalue weighted by Gasteiger charge is -2.41. The Labute approximate surface area is 278 Å². The number of fused-ring (bicyclic) bond motifs is 1. The topological polar surface area (TPSA) is 171 Å². The van der Waals surface area contributed by atoms with Crippen molar-refractivity contribution in [3.05, 3.63) is 29.8 Å². The summed E-state index contributed by atoms with van der Waals surface area (Å²) >= 11 is 0. The first kappa shape index (κ1) is 34.7. The zero-order valence-electron chi connectivity index (χ0n) is 28.6. The highest BCUT2D eigenvalue weighted by Gasteiger charge is 2.70. The monoisotopic (exact) mass is 651 g/mol. The van der Waals surface area contributed by atoms with E-state index in [-0.39, 0.29) is 34.8 Å². The molecule has 3 aliphatic carbocycles. The number of ketones is 1. The molecule has 47 heavy (non-hydrogen) atoms. The van der Waals surface area contributed by atoms with E-state index in [0.717, 1.165) is 56.9 Å². The van der Waals surface area contributed by atoms with E-state index in [1.807, 2.05) is 32.9 Å². The van der Waals surface area contributed by atoms with Gasteiger partial charge in [0.2, 0.25) is 17.6 Å². The predicted octanol–water partition coefficient (Wildman–Crippen LogP) is 3.56. The number of nitrogens with one attached hydrogen (secondary N) is 3. The van der Waals surface area contributed by atoms with Crippen LogP contribution in [0.1, 0.15) is 98.0 Å². The number of nitrogens with two attached hydrogens (primary N) is 1. The summed E-state index contributed by atoms with van der Waals surface area (Å²) < 4.78 is 0. The van der Waals surface area contributed by atoms with Gasteiger partial charge in [0, 0.05) is 12.1 Å². The lowest BCUT2D eigenvalue weighted by atomic mass is 9.77. The van der Waals surface area contributed by atoms with Gasteiger partial charge in [0.25, 0.3) is 5.91 Å². The minimum Gasteiger partial charge on any atom is -0.508 e. The van der Waals surface area contributed by atoms with Crippen LogP contribution in [0.5, 0.6) is 5.75 Å². The van der Waals surface area contributed by atoms with Gasteiger partial charge < -0.3 is 31.7 Å². The van der Waals surface area contributed by atoms with Crippen molar-refractivity contribution in [2.24, 2.45) is 34.3 Å². The van der Waals surface area contributed by atoms with Crippen LogP contribution >= 0.6 is 0 Å². The molecule has 5 atom stereocenters. The van der Waals surface area contributed by atoms with E-state index >= 15 is 0 Å². The molecule has 6 N–H and O–H groups in total. The fraction of sp³-hybridized carbons (Fsp3) is 0.694. The second-order valence-corrected chi connectivity index (χ2v) is 16.3. The highest BCUT2D eigenvalue weighted by molar-refractivity contribution is 6.37. The molecular weight excluding hydrogens is 598 g/mol. The summed E-state index contributed by atoms with van der Waals surface area (Å²) in [5.74, 6) is -2.28. The average Bonchev–Trinajstić information content (AvgIpc) is 3.29. The number of Topliss-reactive ketones (excluding diaryl/α,β-unsaturated/α-hetero) is 1. The number of benzene rings is 1. The summed E-state index contributed by atoms with van der Waals surface area (Å²) in [6.45, 7) is 10.2. The summed E-state index contributed by atoms with van der Waals surface area (Å²) in [4.78, 5) is 68.3. The Morgan fingerprint density at radius 2 is 1.62 bits per heavy atom. The molecule has 1 saturated heterocycles. The molecule has 258 valence electrons. The third-order valence-corrected chi connectivity index (χ3v) is 11.5. The van der Waals surface area contributed by atoms with Gasteiger partial charge in [-0.25, -0.2) is 4.79 Å². The number of phenols is 1. The van der Waals surface area contributed by atoms with Crippen molar-refractivity contribution in [3.63, 3.8) is 0 Å². The van der Waals surface area contributed by atoms with E-state index in [2.05, 4.69) is 29.8 Å². The Bertz CT molecular complexity index is 1370. The van der Waals surface area contributed by atoms with Crippen LogP contribution in [-0.4, -0.2) is 69.8 Å². The van der Waals surface area contributed by atoms with Crippen LogP contribution in [-0.2, 0) is 25.6 Å². The summed E-state index contributed by atoms with van der Waals surface area (Å²) in [7, 11) is 0. The molecule has 1 aromatic carbocycles. The van der Waals surface area contributed by atoms with Crippen molar-refractivity contribution in [2.75, 3.05) is 6.54 Å². The minimum atomic E-state index is -1.08. The van der Waals surface area contributed by atoms with Gasteiger partial charge in [0.15, 0.2) is 0 Å². The number of phenolic OH excluding ortho intramolecular Hbond substituents is 1. The van der Waals surface area contributed by atoms with Gasteiger partial charge in [0.1, 0.15) is 17.8 Å². The van der Waals surface area contributed by atoms with E-state index in [1.54, 1.807) is 17.0 Å². The molecule has 1 heterocycles. The van der Waals surface area contributed by atoms with Crippen LogP contribution < -0.4 is 21.7 Å². The lowest BCUT2D eigenvalue weighted by molar-refractivity contribution is -0.145. The number of amides is 5. The van der Waals surface area contributed by atoms with Crippen LogP contribution in [0.25, 0.3) is 0 Å². The van der Waals surface area contributed by atoms with Crippen LogP contribution in [0, 0.1) is 28.6 Å². The molecule has 0 spiro atoms. The van der Waals surface area contributed by atoms with Gasteiger partial charge in [-0.2, -0.15) is 0 Å². The van der Waals surface area contributed by atoms with Crippen molar-refractivity contribution in [2.45, 2.75) is 122 Å². The minimum absolute atomic E-state index is 0.101. The second kappa shape index (κ2) is 13.1. The van der Waals surface area contributed by atoms with Gasteiger partial charge >= 0.3 is 6.03 Å². The zero-order chi connectivity index (χ0) is 34.3. The first-order valence-electron chi connectivity index (χ1n) is 17.3. The number of hydrogen-bond acceptors (Lipinski definition) is 6. The molecule has 5 rings (SSSR count). The highest BCUT2D eigenvalue weighted by atomic mass is 16.3. The number of urea groups is 1. The van der Waals surface area contributed by atoms with Crippen LogP contribution in [0.3, 0.4) is 0 Å². The molecule has 4 fully saturated rings. The first-order chi connectivity index (χ1) is 22.0. The Morgan fingerprint density at radius 3 is 2.17 bits per heavy atom. The molecule has 1 unspecified atom stereocenters. The maximum Gasteiger partial charge on any atom is 0.315 e. The van der Waals surface area contributed by atoms with Gasteiger partial charge in [-0.05, 0) is 72.0 Å². The number of carbonyl (C=O) groups is 5. The van der Waals surface area contributed by atoms with Gasteiger partial charge in [-0.3, -0.25) is 19.2 Å². The standard InChI is InChI=1S/C36H53N5O6/c1-34(2,3)29(39-33(47)40-36(16-7-6-8-17-36)19-22-12-14-23(42)15-13-22)32(46)41-20-24-26(35(24,4)5)27(41)31(45)38-25(28(43)30(37)44)18-21-10-9-11-21/h12-15,21,24-27,29,42H,6-11,16-20H2,1-5H3,(H2,37,44)(H,38,45)(H2,39,40,47)/t24-,25?,26-,27-,29+/m0/s1. The van der Waals surface area contributed by atoms with Gasteiger partial charge in [-0.1, -0.05) is 85.3 Å². The van der Waals surface area contributed by atoms with E-state index in [4.69, 9.17) is 5.73 Å². The van der Waals surface area contributed by atoms with Crippen LogP contribution in [0.15, 0.2) is 24.3 Å². The molecule has 11 nitrogen and oxygen atoms in total. The number of primary amides is 1. The molecule has 0 aromatic heterocycles. The molecule has 1 aliphatic heterocycles. The van der Waals surface area contributed by atoms with E-state index in [1.165, 1.54) is 0 Å². The molecule has 3 saturated carbocycles. The number of nitrogens with zero attached hydrogens (tertiary/aromatic N) is 1. The number of aromatic hydroxyl groups is 1. The average molecular weight is 652 g/mol. The number of rotatable bonds is 11. The molecule has 0 radical (unpaired) electrons. The summed E-state index contributed by atoms with van der Waals surface area (Å²) in [6, 6.07) is 3.81. The number of likely N-dealkylation sites (tertiary alicyclic amines) is 1. The third kappa shape index (κ3) is 7.44. The van der Waals surface area contributed by atoms with Crippen molar-refractivity contribution >= 4 is 29.5 Å². The molecule has 0 bridgehead atoms. The van der Waals surface area contributed by atoms with Crippen molar-refractivity contribution in [1.29, 1.82) is 0 Å². The zero-order valence-corrected chi connectivity index (χ0v) is 28.6. The quantitative estimate of drug-likeness (QED) is 0.229. The lowest BCUT2D eigenvalue weighted by Crippen LogP contribution is -2.63. The number of hydrogen-bond donors (Lipinski definition) is 5. The Kier molecular flexibility index (Phi) is 9.68. The maximum absolute atomic E-state index is 14.4. The van der Waals surface area contributed by atoms with Crippen LogP contribution in [0.4, 0.5) is 4.79 Å². The molecule has 5 amide bonds. The second-order valence-electron chi connectivity index (χ2n) is 16.3. The normalized spacial score (nSPS) is 25.8. The fourth-order valence-corrected chi connectivity index (χ4v) is 8.34. The smallest absolute Gasteiger partial charge is 0.315 e. The Morgan fingerprint density at radius 1 is 0.979 bits per heavy atom.